The summed E-state index contributed by atoms with van der Waals surface area (Å²) in [5, 5.41) is 7.34. The van der Waals surface area contributed by atoms with Crippen LogP contribution in [0.2, 0.25) is 0 Å². The van der Waals surface area contributed by atoms with Crippen LogP contribution in [-0.2, 0) is 7.05 Å². The minimum atomic E-state index is -0.512. The van der Waals surface area contributed by atoms with E-state index in [4.69, 9.17) is 4.52 Å². The molecule has 2 heterocycles. The second-order valence-electron chi connectivity index (χ2n) is 5.96. The Balaban J connectivity index is 1.57. The van der Waals surface area contributed by atoms with E-state index < -0.39 is 11.7 Å². The van der Waals surface area contributed by atoms with Crippen molar-refractivity contribution < 1.29 is 13.7 Å². The third kappa shape index (κ3) is 3.81. The molecule has 2 aromatic heterocycles. The molecule has 0 unspecified atom stereocenters. The molecule has 0 aliphatic rings. The third-order valence-corrected chi connectivity index (χ3v) is 5.12. The van der Waals surface area contributed by atoms with E-state index in [9.17, 15) is 9.18 Å². The first-order chi connectivity index (χ1) is 13.6. The summed E-state index contributed by atoms with van der Waals surface area (Å²) in [7, 11) is 1.86. The molecule has 2 aromatic carbocycles. The van der Waals surface area contributed by atoms with Crippen LogP contribution < -0.4 is 5.32 Å². The quantitative estimate of drug-likeness (QED) is 0.535. The van der Waals surface area contributed by atoms with Gasteiger partial charge in [0.1, 0.15) is 11.5 Å². The summed E-state index contributed by atoms with van der Waals surface area (Å²) in [5.41, 5.74) is 1.71. The molecule has 1 N–H and O–H groups in total. The topological polar surface area (TPSA) is 73.0 Å². The first kappa shape index (κ1) is 18.0. The molecule has 28 heavy (non-hydrogen) atoms. The molecule has 4 aromatic rings. The molecule has 0 fully saturated rings. The standard InChI is InChI=1S/C20H15FN4O2S/c1-25-10-9-22-20(25)28-18-8-7-14(21)11-16(18)23-19(26)17-12-15(24-27-17)13-5-3-2-4-6-13/h2-12H,1H3,(H,23,26). The van der Waals surface area contributed by atoms with E-state index in [1.165, 1.54) is 23.9 Å². The monoisotopic (exact) mass is 394 g/mol. The second-order valence-corrected chi connectivity index (χ2v) is 6.97. The van der Waals surface area contributed by atoms with E-state index in [-0.39, 0.29) is 5.76 Å². The Labute approximate surface area is 164 Å². The van der Waals surface area contributed by atoms with Crippen LogP contribution in [0.25, 0.3) is 11.3 Å². The van der Waals surface area contributed by atoms with Crippen LogP contribution in [0.15, 0.2) is 81.6 Å². The highest BCUT2D eigenvalue weighted by molar-refractivity contribution is 7.99. The number of anilines is 1. The average molecular weight is 394 g/mol. The summed E-state index contributed by atoms with van der Waals surface area (Å²) < 4.78 is 20.8. The first-order valence-electron chi connectivity index (χ1n) is 8.38. The van der Waals surface area contributed by atoms with Gasteiger partial charge in [-0.25, -0.2) is 9.37 Å². The number of hydrogen-bond acceptors (Lipinski definition) is 5. The van der Waals surface area contributed by atoms with Crippen LogP contribution in [0.5, 0.6) is 0 Å². The highest BCUT2D eigenvalue weighted by Gasteiger charge is 2.17. The number of carbonyl (C=O) groups is 1. The molecule has 4 rings (SSSR count). The minimum Gasteiger partial charge on any atom is -0.350 e. The Morgan fingerprint density at radius 1 is 1.18 bits per heavy atom. The summed E-state index contributed by atoms with van der Waals surface area (Å²) in [6, 6.07) is 15.1. The molecule has 0 radical (unpaired) electrons. The number of aromatic nitrogens is 3. The van der Waals surface area contributed by atoms with Crippen molar-refractivity contribution in [1.29, 1.82) is 0 Å². The summed E-state index contributed by atoms with van der Waals surface area (Å²) in [4.78, 5) is 17.5. The van der Waals surface area contributed by atoms with Gasteiger partial charge in [-0.3, -0.25) is 4.79 Å². The molecule has 0 spiro atoms. The van der Waals surface area contributed by atoms with Gasteiger partial charge in [-0.15, -0.1) is 0 Å². The second kappa shape index (κ2) is 7.69. The molecule has 0 saturated carbocycles. The summed E-state index contributed by atoms with van der Waals surface area (Å²) in [5.74, 6) is -0.930. The maximum atomic E-state index is 13.8. The van der Waals surface area contributed by atoms with Gasteiger partial charge < -0.3 is 14.4 Å². The number of halogens is 1. The Hall–Kier alpha value is -3.39. The van der Waals surface area contributed by atoms with Crippen molar-refractivity contribution in [2.45, 2.75) is 10.1 Å². The van der Waals surface area contributed by atoms with Crippen LogP contribution in [0.3, 0.4) is 0 Å². The molecular formula is C20H15FN4O2S. The molecule has 0 aliphatic carbocycles. The fourth-order valence-electron chi connectivity index (χ4n) is 2.55. The highest BCUT2D eigenvalue weighted by Crippen LogP contribution is 2.33. The molecule has 1 amide bonds. The Morgan fingerprint density at radius 2 is 2.00 bits per heavy atom. The number of benzene rings is 2. The van der Waals surface area contributed by atoms with Gasteiger partial charge in [0.25, 0.3) is 5.91 Å². The van der Waals surface area contributed by atoms with Crippen molar-refractivity contribution in [2.24, 2.45) is 7.05 Å². The predicted octanol–water partition coefficient (Wildman–Crippen LogP) is 4.62. The van der Waals surface area contributed by atoms with E-state index in [0.717, 1.165) is 5.56 Å². The number of nitrogens with one attached hydrogen (secondary N) is 1. The van der Waals surface area contributed by atoms with Gasteiger partial charge in [-0.2, -0.15) is 0 Å². The zero-order chi connectivity index (χ0) is 19.5. The Morgan fingerprint density at radius 3 is 2.75 bits per heavy atom. The predicted molar refractivity (Wildman–Crippen MR) is 104 cm³/mol. The van der Waals surface area contributed by atoms with Crippen molar-refractivity contribution in [3.63, 3.8) is 0 Å². The van der Waals surface area contributed by atoms with Gasteiger partial charge >= 0.3 is 0 Å². The lowest BCUT2D eigenvalue weighted by Crippen LogP contribution is -2.12. The first-order valence-corrected chi connectivity index (χ1v) is 9.20. The van der Waals surface area contributed by atoms with E-state index in [0.29, 0.717) is 21.4 Å². The zero-order valence-electron chi connectivity index (χ0n) is 14.8. The lowest BCUT2D eigenvalue weighted by Gasteiger charge is -2.10. The van der Waals surface area contributed by atoms with Gasteiger partial charge in [0.05, 0.1) is 5.69 Å². The van der Waals surface area contributed by atoms with Crippen molar-refractivity contribution in [3.8, 4) is 11.3 Å². The summed E-state index contributed by atoms with van der Waals surface area (Å²) in [6.45, 7) is 0. The van der Waals surface area contributed by atoms with Gasteiger partial charge in [-0.1, -0.05) is 35.5 Å². The highest BCUT2D eigenvalue weighted by atomic mass is 32.2. The fraction of sp³-hybridized carbons (Fsp3) is 0.0500. The van der Waals surface area contributed by atoms with Gasteiger partial charge in [0.2, 0.25) is 5.76 Å². The fourth-order valence-corrected chi connectivity index (χ4v) is 3.42. The zero-order valence-corrected chi connectivity index (χ0v) is 15.6. The van der Waals surface area contributed by atoms with Gasteiger partial charge in [0, 0.05) is 36.0 Å². The number of amides is 1. The van der Waals surface area contributed by atoms with Crippen LogP contribution >= 0.6 is 11.8 Å². The van der Waals surface area contributed by atoms with E-state index in [1.807, 2.05) is 48.1 Å². The van der Waals surface area contributed by atoms with Crippen molar-refractivity contribution in [1.82, 2.24) is 14.7 Å². The van der Waals surface area contributed by atoms with Crippen molar-refractivity contribution in [3.05, 3.63) is 78.6 Å². The molecule has 140 valence electrons. The van der Waals surface area contributed by atoms with E-state index >= 15 is 0 Å². The van der Waals surface area contributed by atoms with Crippen LogP contribution in [0, 0.1) is 5.82 Å². The average Bonchev–Trinajstić information content (AvgIpc) is 3.34. The number of nitrogens with zero attached hydrogens (tertiary/aromatic N) is 3. The van der Waals surface area contributed by atoms with Crippen molar-refractivity contribution >= 4 is 23.4 Å². The Bertz CT molecular complexity index is 1120. The molecule has 8 heteroatoms. The van der Waals surface area contributed by atoms with Crippen LogP contribution in [0.1, 0.15) is 10.6 Å². The maximum absolute atomic E-state index is 13.8. The molecule has 6 nitrogen and oxygen atoms in total. The van der Waals surface area contributed by atoms with E-state index in [2.05, 4.69) is 15.5 Å². The SMILES string of the molecule is Cn1ccnc1Sc1ccc(F)cc1NC(=O)c1cc(-c2ccccc2)no1. The lowest BCUT2D eigenvalue weighted by molar-refractivity contribution is 0.0987. The number of rotatable bonds is 5. The van der Waals surface area contributed by atoms with E-state index in [1.54, 1.807) is 18.3 Å². The van der Waals surface area contributed by atoms with Crippen LogP contribution in [-0.4, -0.2) is 20.6 Å². The lowest BCUT2D eigenvalue weighted by atomic mass is 10.1. The van der Waals surface area contributed by atoms with Crippen molar-refractivity contribution in [2.75, 3.05) is 5.32 Å². The molecular weight excluding hydrogens is 379 g/mol. The Kier molecular flexibility index (Phi) is 4.94. The number of aryl methyl sites for hydroxylation is 1. The number of imidazole rings is 1. The molecule has 0 atom stereocenters. The summed E-state index contributed by atoms with van der Waals surface area (Å²) in [6.07, 6.45) is 3.48. The molecule has 0 bridgehead atoms. The largest absolute Gasteiger partial charge is 0.350 e. The van der Waals surface area contributed by atoms with Crippen LogP contribution in [0.4, 0.5) is 10.1 Å². The summed E-state index contributed by atoms with van der Waals surface area (Å²) >= 11 is 1.32. The normalized spacial score (nSPS) is 10.8. The van der Waals surface area contributed by atoms with Gasteiger partial charge in [-0.05, 0) is 30.0 Å². The maximum Gasteiger partial charge on any atom is 0.294 e. The number of hydrogen-bond donors (Lipinski definition) is 1. The minimum absolute atomic E-state index is 0.0380. The molecule has 0 aliphatic heterocycles. The molecule has 0 saturated heterocycles. The number of carbonyl (C=O) groups excluding carboxylic acids is 1. The third-order valence-electron chi connectivity index (χ3n) is 3.97. The smallest absolute Gasteiger partial charge is 0.294 e. The van der Waals surface area contributed by atoms with Gasteiger partial charge in [0.15, 0.2) is 5.16 Å².